The van der Waals surface area contributed by atoms with Gasteiger partial charge in [-0.05, 0) is 12.0 Å². The van der Waals surface area contributed by atoms with Crippen LogP contribution in [-0.4, -0.2) is 30.1 Å². The van der Waals surface area contributed by atoms with Crippen molar-refractivity contribution in [2.45, 2.75) is 26.0 Å². The quantitative estimate of drug-likeness (QED) is 0.726. The van der Waals surface area contributed by atoms with E-state index in [1.54, 1.807) is 0 Å². The maximum absolute atomic E-state index is 10.8. The van der Waals surface area contributed by atoms with Gasteiger partial charge in [0.05, 0.1) is 0 Å². The summed E-state index contributed by atoms with van der Waals surface area (Å²) in [6.45, 7) is 4.28. The van der Waals surface area contributed by atoms with Gasteiger partial charge in [-0.3, -0.25) is 9.69 Å². The number of nitrogens with zero attached hydrogens (tertiary/aromatic N) is 1. The van der Waals surface area contributed by atoms with Crippen LogP contribution >= 0.6 is 0 Å². The summed E-state index contributed by atoms with van der Waals surface area (Å²) in [6.07, 6.45) is 1.04. The summed E-state index contributed by atoms with van der Waals surface area (Å²) in [5, 5.41) is 0. The van der Waals surface area contributed by atoms with Crippen LogP contribution in [0.3, 0.4) is 0 Å². The molecule has 0 aliphatic carbocycles. The summed E-state index contributed by atoms with van der Waals surface area (Å²) in [5.74, 6) is -0.174. The summed E-state index contributed by atoms with van der Waals surface area (Å²) in [4.78, 5) is 13.1. The predicted molar refractivity (Wildman–Crippen MR) is 61.9 cm³/mol. The van der Waals surface area contributed by atoms with E-state index < -0.39 is 0 Å². The second-order valence-electron chi connectivity index (χ2n) is 4.24. The molecule has 0 spiro atoms. The molecular weight excluding hydrogens is 202 g/mol. The highest BCUT2D eigenvalue weighted by molar-refractivity contribution is 5.66. The highest BCUT2D eigenvalue weighted by Gasteiger charge is 2.24. The Kier molecular flexibility index (Phi) is 3.57. The second kappa shape index (κ2) is 5.12. The van der Waals surface area contributed by atoms with E-state index in [1.165, 1.54) is 12.5 Å². The molecule has 1 aromatic carbocycles. The Morgan fingerprint density at radius 3 is 2.88 bits per heavy atom. The van der Waals surface area contributed by atoms with Gasteiger partial charge in [0.25, 0.3) is 0 Å². The van der Waals surface area contributed by atoms with E-state index in [9.17, 15) is 4.79 Å². The molecule has 0 N–H and O–H groups in total. The third-order valence-electron chi connectivity index (χ3n) is 2.81. The maximum Gasteiger partial charge on any atom is 0.302 e. The minimum Gasteiger partial charge on any atom is -0.461 e. The van der Waals surface area contributed by atoms with Gasteiger partial charge in [0.2, 0.25) is 0 Å². The molecule has 0 amide bonds. The molecule has 0 aromatic heterocycles. The second-order valence-corrected chi connectivity index (χ2v) is 4.24. The normalized spacial score (nSPS) is 20.9. The molecule has 0 unspecified atom stereocenters. The molecule has 2 rings (SSSR count). The highest BCUT2D eigenvalue weighted by Crippen LogP contribution is 2.15. The van der Waals surface area contributed by atoms with Crippen LogP contribution in [0.5, 0.6) is 0 Å². The lowest BCUT2D eigenvalue weighted by Gasteiger charge is -2.15. The smallest absolute Gasteiger partial charge is 0.302 e. The average Bonchev–Trinajstić information content (AvgIpc) is 2.66. The number of hydrogen-bond acceptors (Lipinski definition) is 3. The lowest BCUT2D eigenvalue weighted by molar-refractivity contribution is -0.145. The summed E-state index contributed by atoms with van der Waals surface area (Å²) in [6, 6.07) is 10.4. The van der Waals surface area contributed by atoms with E-state index in [0.717, 1.165) is 26.1 Å². The molecule has 16 heavy (non-hydrogen) atoms. The van der Waals surface area contributed by atoms with Crippen LogP contribution in [0.4, 0.5) is 0 Å². The monoisotopic (exact) mass is 219 g/mol. The maximum atomic E-state index is 10.8. The Morgan fingerprint density at radius 1 is 1.44 bits per heavy atom. The first-order chi connectivity index (χ1) is 7.74. The van der Waals surface area contributed by atoms with Crippen molar-refractivity contribution in [1.82, 2.24) is 4.90 Å². The summed E-state index contributed by atoms with van der Waals surface area (Å²) in [7, 11) is 0. The number of hydrogen-bond donors (Lipinski definition) is 0. The van der Waals surface area contributed by atoms with Crippen LogP contribution in [0, 0.1) is 0 Å². The van der Waals surface area contributed by atoms with E-state index in [4.69, 9.17) is 4.74 Å². The summed E-state index contributed by atoms with van der Waals surface area (Å²) < 4.78 is 5.20. The summed E-state index contributed by atoms with van der Waals surface area (Å²) in [5.41, 5.74) is 1.31. The van der Waals surface area contributed by atoms with Gasteiger partial charge in [-0.1, -0.05) is 30.3 Å². The first-order valence-corrected chi connectivity index (χ1v) is 5.67. The molecule has 1 aliphatic heterocycles. The minimum atomic E-state index is -0.174. The molecule has 1 fully saturated rings. The fourth-order valence-electron chi connectivity index (χ4n) is 2.11. The third kappa shape index (κ3) is 3.07. The molecule has 1 aromatic rings. The SMILES string of the molecule is CC(=O)O[C@H]1CCN(Cc2ccccc2)C1. The number of likely N-dealkylation sites (tertiary alicyclic amines) is 1. The topological polar surface area (TPSA) is 29.5 Å². The lowest BCUT2D eigenvalue weighted by Crippen LogP contribution is -2.24. The Morgan fingerprint density at radius 2 is 2.19 bits per heavy atom. The number of benzene rings is 1. The van der Waals surface area contributed by atoms with Gasteiger partial charge in [-0.2, -0.15) is 0 Å². The van der Waals surface area contributed by atoms with Gasteiger partial charge in [0.1, 0.15) is 6.10 Å². The molecule has 0 saturated carbocycles. The number of carbonyl (C=O) groups excluding carboxylic acids is 1. The minimum absolute atomic E-state index is 0.0845. The van der Waals surface area contributed by atoms with Gasteiger partial charge in [0.15, 0.2) is 0 Å². The van der Waals surface area contributed by atoms with E-state index in [0.29, 0.717) is 0 Å². The van der Waals surface area contributed by atoms with Gasteiger partial charge in [-0.25, -0.2) is 0 Å². The first-order valence-electron chi connectivity index (χ1n) is 5.67. The molecule has 3 nitrogen and oxygen atoms in total. The fourth-order valence-corrected chi connectivity index (χ4v) is 2.11. The van der Waals surface area contributed by atoms with Gasteiger partial charge in [-0.15, -0.1) is 0 Å². The number of esters is 1. The Hall–Kier alpha value is -1.35. The van der Waals surface area contributed by atoms with Crippen LogP contribution in [0.25, 0.3) is 0 Å². The Balaban J connectivity index is 1.83. The van der Waals surface area contributed by atoms with Crippen molar-refractivity contribution in [3.8, 4) is 0 Å². The highest BCUT2D eigenvalue weighted by atomic mass is 16.5. The molecule has 0 bridgehead atoms. The molecule has 1 atom stereocenters. The molecule has 86 valence electrons. The number of carbonyl (C=O) groups is 1. The zero-order chi connectivity index (χ0) is 11.4. The van der Waals surface area contributed by atoms with Gasteiger partial charge >= 0.3 is 5.97 Å². The van der Waals surface area contributed by atoms with Crippen molar-refractivity contribution >= 4 is 5.97 Å². The van der Waals surface area contributed by atoms with E-state index >= 15 is 0 Å². The molecule has 1 saturated heterocycles. The fraction of sp³-hybridized carbons (Fsp3) is 0.462. The van der Waals surface area contributed by atoms with Crippen molar-refractivity contribution in [1.29, 1.82) is 0 Å². The molecule has 1 aliphatic rings. The van der Waals surface area contributed by atoms with Crippen LogP contribution in [0.1, 0.15) is 18.9 Å². The zero-order valence-electron chi connectivity index (χ0n) is 9.56. The van der Waals surface area contributed by atoms with E-state index in [1.807, 2.05) is 6.07 Å². The van der Waals surface area contributed by atoms with Crippen molar-refractivity contribution < 1.29 is 9.53 Å². The van der Waals surface area contributed by atoms with Crippen molar-refractivity contribution in [3.05, 3.63) is 35.9 Å². The average molecular weight is 219 g/mol. The van der Waals surface area contributed by atoms with Crippen LogP contribution in [-0.2, 0) is 16.1 Å². The number of rotatable bonds is 3. The van der Waals surface area contributed by atoms with Crippen molar-refractivity contribution in [3.63, 3.8) is 0 Å². The van der Waals surface area contributed by atoms with Crippen molar-refractivity contribution in [2.24, 2.45) is 0 Å². The Labute approximate surface area is 96.0 Å². The van der Waals surface area contributed by atoms with Crippen molar-refractivity contribution in [2.75, 3.05) is 13.1 Å². The standard InChI is InChI=1S/C13H17NO2/c1-11(15)16-13-7-8-14(10-13)9-12-5-3-2-4-6-12/h2-6,13H,7-10H2,1H3/t13-/m0/s1. The molecule has 1 heterocycles. The summed E-state index contributed by atoms with van der Waals surface area (Å²) >= 11 is 0. The van der Waals surface area contributed by atoms with Gasteiger partial charge < -0.3 is 4.74 Å². The molecular formula is C13H17NO2. The zero-order valence-corrected chi connectivity index (χ0v) is 9.56. The number of ether oxygens (including phenoxy) is 1. The van der Waals surface area contributed by atoms with Crippen LogP contribution in [0.2, 0.25) is 0 Å². The Bertz CT molecular complexity index is 350. The lowest BCUT2D eigenvalue weighted by atomic mass is 10.2. The molecule has 3 heteroatoms. The largest absolute Gasteiger partial charge is 0.461 e. The predicted octanol–water partition coefficient (Wildman–Crippen LogP) is 1.82. The van der Waals surface area contributed by atoms with Crippen LogP contribution < -0.4 is 0 Å². The molecule has 0 radical (unpaired) electrons. The van der Waals surface area contributed by atoms with E-state index in [-0.39, 0.29) is 12.1 Å². The third-order valence-corrected chi connectivity index (χ3v) is 2.81. The van der Waals surface area contributed by atoms with E-state index in [2.05, 4.69) is 29.2 Å². The first kappa shape index (κ1) is 11.1. The van der Waals surface area contributed by atoms with Crippen LogP contribution in [0.15, 0.2) is 30.3 Å². The van der Waals surface area contributed by atoms with Gasteiger partial charge in [0, 0.05) is 26.6 Å².